The third-order valence-electron chi connectivity index (χ3n) is 4.50. The molecule has 0 aromatic carbocycles. The van der Waals surface area contributed by atoms with Crippen molar-refractivity contribution in [1.29, 1.82) is 0 Å². The van der Waals surface area contributed by atoms with Crippen molar-refractivity contribution in [2.24, 2.45) is 5.92 Å². The normalized spacial score (nSPS) is 19.9. The number of hydrogen-bond donors (Lipinski definition) is 2. The highest BCUT2D eigenvalue weighted by atomic mass is 32.1. The number of thiazole rings is 1. The van der Waals surface area contributed by atoms with E-state index < -0.39 is 0 Å². The van der Waals surface area contributed by atoms with Gasteiger partial charge in [0.05, 0.1) is 0 Å². The zero-order valence-electron chi connectivity index (χ0n) is 12.4. The number of hydrogen-bond acceptors (Lipinski definition) is 5. The molecule has 0 unspecified atom stereocenters. The molecule has 2 fully saturated rings. The Labute approximate surface area is 129 Å². The van der Waals surface area contributed by atoms with Crippen LogP contribution in [0.2, 0.25) is 0 Å². The van der Waals surface area contributed by atoms with E-state index in [1.165, 1.54) is 56.3 Å². The predicted molar refractivity (Wildman–Crippen MR) is 86.9 cm³/mol. The highest BCUT2D eigenvalue weighted by Gasteiger charge is 2.22. The van der Waals surface area contributed by atoms with E-state index in [0.717, 1.165) is 24.8 Å². The van der Waals surface area contributed by atoms with Gasteiger partial charge in [0.25, 0.3) is 5.91 Å². The Hall–Kier alpha value is -1.30. The number of aromatic nitrogens is 1. The number of anilines is 2. The van der Waals surface area contributed by atoms with Gasteiger partial charge in [-0.25, -0.2) is 4.98 Å². The van der Waals surface area contributed by atoms with Crippen LogP contribution < -0.4 is 16.0 Å². The molecule has 0 bridgehead atoms. The lowest BCUT2D eigenvalue weighted by atomic mass is 9.89. The van der Waals surface area contributed by atoms with Crippen LogP contribution in [0.3, 0.4) is 0 Å². The zero-order valence-corrected chi connectivity index (χ0v) is 13.3. The Bertz CT molecular complexity index is 490. The Morgan fingerprint density at radius 1 is 1.24 bits per heavy atom. The maximum atomic E-state index is 12.3. The van der Waals surface area contributed by atoms with E-state index in [-0.39, 0.29) is 5.91 Å². The Kier molecular flexibility index (Phi) is 4.63. The number of nitrogens with zero attached hydrogens (tertiary/aromatic N) is 2. The molecule has 5 nitrogen and oxygen atoms in total. The number of nitrogens with two attached hydrogens (primary N) is 1. The first-order valence-corrected chi connectivity index (χ1v) is 8.85. The molecule has 1 saturated carbocycles. The second-order valence-electron chi connectivity index (χ2n) is 6.12. The SMILES string of the molecule is Nc1nc(N2CCCC2)sc1C(=O)NCC1CCCCC1. The van der Waals surface area contributed by atoms with Crippen molar-refractivity contribution in [2.45, 2.75) is 44.9 Å². The molecule has 0 spiro atoms. The average Bonchev–Trinajstić information content (AvgIpc) is 3.15. The number of carbonyl (C=O) groups excluding carboxylic acids is 1. The Morgan fingerprint density at radius 2 is 1.95 bits per heavy atom. The van der Waals surface area contributed by atoms with E-state index in [2.05, 4.69) is 15.2 Å². The summed E-state index contributed by atoms with van der Waals surface area (Å²) in [4.78, 5) is 19.5. The number of nitrogens with one attached hydrogen (secondary N) is 1. The van der Waals surface area contributed by atoms with Crippen LogP contribution in [0.25, 0.3) is 0 Å². The van der Waals surface area contributed by atoms with Crippen LogP contribution in [0.5, 0.6) is 0 Å². The van der Waals surface area contributed by atoms with Crippen molar-refractivity contribution in [3.05, 3.63) is 4.88 Å². The van der Waals surface area contributed by atoms with Gasteiger partial charge >= 0.3 is 0 Å². The Morgan fingerprint density at radius 3 is 2.67 bits per heavy atom. The van der Waals surface area contributed by atoms with Crippen molar-refractivity contribution in [3.8, 4) is 0 Å². The van der Waals surface area contributed by atoms with Gasteiger partial charge < -0.3 is 16.0 Å². The molecule has 0 atom stereocenters. The maximum absolute atomic E-state index is 12.3. The molecule has 1 aliphatic heterocycles. The predicted octanol–water partition coefficient (Wildman–Crippen LogP) is 2.64. The van der Waals surface area contributed by atoms with Crippen LogP contribution >= 0.6 is 11.3 Å². The molecular weight excluding hydrogens is 284 g/mol. The summed E-state index contributed by atoms with van der Waals surface area (Å²) in [5, 5.41) is 3.94. The third-order valence-corrected chi connectivity index (χ3v) is 5.63. The molecule has 1 amide bonds. The highest BCUT2D eigenvalue weighted by Crippen LogP contribution is 2.30. The zero-order chi connectivity index (χ0) is 14.7. The fraction of sp³-hybridized carbons (Fsp3) is 0.733. The van der Waals surface area contributed by atoms with E-state index in [1.54, 1.807) is 0 Å². The lowest BCUT2D eigenvalue weighted by molar-refractivity contribution is 0.0948. The summed E-state index contributed by atoms with van der Waals surface area (Å²) >= 11 is 1.43. The van der Waals surface area contributed by atoms with Crippen molar-refractivity contribution >= 4 is 28.2 Å². The molecule has 1 aromatic heterocycles. The summed E-state index contributed by atoms with van der Waals surface area (Å²) in [6.07, 6.45) is 8.79. The lowest BCUT2D eigenvalue weighted by Gasteiger charge is -2.21. The van der Waals surface area contributed by atoms with E-state index >= 15 is 0 Å². The quantitative estimate of drug-likeness (QED) is 0.897. The number of nitrogen functional groups attached to an aromatic ring is 1. The maximum Gasteiger partial charge on any atom is 0.265 e. The molecule has 2 aliphatic rings. The second-order valence-corrected chi connectivity index (χ2v) is 7.10. The van der Waals surface area contributed by atoms with Crippen molar-refractivity contribution in [3.63, 3.8) is 0 Å². The molecule has 3 N–H and O–H groups in total. The van der Waals surface area contributed by atoms with E-state index in [1.807, 2.05) is 0 Å². The first-order chi connectivity index (χ1) is 10.2. The summed E-state index contributed by atoms with van der Waals surface area (Å²) < 4.78 is 0. The molecule has 6 heteroatoms. The van der Waals surface area contributed by atoms with E-state index in [9.17, 15) is 4.79 Å². The van der Waals surface area contributed by atoms with Gasteiger partial charge in [0, 0.05) is 19.6 Å². The summed E-state index contributed by atoms with van der Waals surface area (Å²) in [5.74, 6) is 0.957. The molecule has 116 valence electrons. The van der Waals surface area contributed by atoms with Crippen molar-refractivity contribution in [1.82, 2.24) is 10.3 Å². The fourth-order valence-corrected chi connectivity index (χ4v) is 4.19. The summed E-state index contributed by atoms with van der Waals surface area (Å²) in [6.45, 7) is 2.82. The Balaban J connectivity index is 1.58. The van der Waals surface area contributed by atoms with Crippen LogP contribution in [0.4, 0.5) is 10.9 Å². The smallest absolute Gasteiger partial charge is 0.265 e. The van der Waals surface area contributed by atoms with Gasteiger partial charge in [0.2, 0.25) is 0 Å². The molecule has 21 heavy (non-hydrogen) atoms. The first-order valence-electron chi connectivity index (χ1n) is 8.03. The fourth-order valence-electron chi connectivity index (χ4n) is 3.24. The first kappa shape index (κ1) is 14.6. The molecule has 1 saturated heterocycles. The minimum absolute atomic E-state index is 0.0546. The van der Waals surface area contributed by atoms with Gasteiger partial charge in [-0.05, 0) is 31.6 Å². The van der Waals surface area contributed by atoms with Crippen LogP contribution in [0.15, 0.2) is 0 Å². The molecule has 2 heterocycles. The van der Waals surface area contributed by atoms with Crippen molar-refractivity contribution < 1.29 is 4.79 Å². The van der Waals surface area contributed by atoms with E-state index in [4.69, 9.17) is 5.73 Å². The van der Waals surface area contributed by atoms with Crippen LogP contribution in [-0.2, 0) is 0 Å². The third kappa shape index (κ3) is 3.48. The largest absolute Gasteiger partial charge is 0.382 e. The topological polar surface area (TPSA) is 71.2 Å². The lowest BCUT2D eigenvalue weighted by Crippen LogP contribution is -2.30. The molecule has 1 aliphatic carbocycles. The summed E-state index contributed by atoms with van der Waals surface area (Å²) in [7, 11) is 0. The van der Waals surface area contributed by atoms with Gasteiger partial charge in [-0.1, -0.05) is 30.6 Å². The van der Waals surface area contributed by atoms with Gasteiger partial charge in [0.15, 0.2) is 5.13 Å². The summed E-state index contributed by atoms with van der Waals surface area (Å²) in [5.41, 5.74) is 5.93. The molecule has 1 aromatic rings. The van der Waals surface area contributed by atoms with Gasteiger partial charge in [0.1, 0.15) is 10.7 Å². The number of rotatable bonds is 4. The summed E-state index contributed by atoms with van der Waals surface area (Å²) in [6, 6.07) is 0. The minimum atomic E-state index is -0.0546. The average molecular weight is 308 g/mol. The van der Waals surface area contributed by atoms with Gasteiger partial charge in [-0.2, -0.15) is 0 Å². The molecule has 0 radical (unpaired) electrons. The van der Waals surface area contributed by atoms with Gasteiger partial charge in [-0.3, -0.25) is 4.79 Å². The van der Waals surface area contributed by atoms with E-state index in [0.29, 0.717) is 16.6 Å². The highest BCUT2D eigenvalue weighted by molar-refractivity contribution is 7.18. The van der Waals surface area contributed by atoms with Crippen molar-refractivity contribution in [2.75, 3.05) is 30.3 Å². The van der Waals surface area contributed by atoms with Gasteiger partial charge in [-0.15, -0.1) is 0 Å². The molecular formula is C15H24N4OS. The van der Waals surface area contributed by atoms with Crippen LogP contribution in [0.1, 0.15) is 54.6 Å². The second kappa shape index (κ2) is 6.64. The number of carbonyl (C=O) groups is 1. The van der Waals surface area contributed by atoms with Crippen LogP contribution in [-0.4, -0.2) is 30.5 Å². The van der Waals surface area contributed by atoms with Crippen LogP contribution in [0, 0.1) is 5.92 Å². The standard InChI is InChI=1S/C15H24N4OS/c16-13-12(21-15(18-13)19-8-4-5-9-19)14(20)17-10-11-6-2-1-3-7-11/h11H,1-10,16H2,(H,17,20). The minimum Gasteiger partial charge on any atom is -0.382 e. The monoisotopic (exact) mass is 308 g/mol. The number of amides is 1. The molecule has 3 rings (SSSR count).